The highest BCUT2D eigenvalue weighted by atomic mass is 16.6. The van der Waals surface area contributed by atoms with Gasteiger partial charge >= 0.3 is 5.97 Å². The lowest BCUT2D eigenvalue weighted by Crippen LogP contribution is -2.50. The molecule has 1 atom stereocenters. The molecule has 3 aromatic rings. The number of nitrogen functional groups attached to an aromatic ring is 1. The molecular formula is C32H46N12O8. The number of fused-ring (bicyclic) bond motifs is 1. The number of carboxylic acid groups (broad SMARTS) is 1. The molecule has 0 saturated carbocycles. The number of hydroxylamine groups is 1. The fourth-order valence-electron chi connectivity index (χ4n) is 4.61. The van der Waals surface area contributed by atoms with Crippen LogP contribution in [0.4, 0.5) is 11.6 Å². The van der Waals surface area contributed by atoms with Crippen molar-refractivity contribution in [2.75, 3.05) is 30.7 Å². The number of benzene rings is 1. The molecule has 2 amide bonds. The Bertz CT molecular complexity index is 1830. The Hall–Kier alpha value is -5.73. The highest BCUT2D eigenvalue weighted by Crippen LogP contribution is 2.13. The second-order valence-electron chi connectivity index (χ2n) is 12.8. The van der Waals surface area contributed by atoms with Gasteiger partial charge in [-0.3, -0.25) is 24.2 Å². The van der Waals surface area contributed by atoms with Crippen LogP contribution in [0.25, 0.3) is 11.2 Å². The number of nitrogens with two attached hydrogens (primary N) is 1. The summed E-state index contributed by atoms with van der Waals surface area (Å²) in [4.78, 5) is 69.4. The molecule has 0 fully saturated rings. The Labute approximate surface area is 298 Å². The number of hydrogen-bond donors (Lipinski definition) is 10. The Balaban J connectivity index is 1.41. The largest absolute Gasteiger partial charge is 0.480 e. The standard InChI is InChI=1S/C32H46N12O8/c1-18(42-50)31(2,3)44-52-15-14-37-32(4,5)23(43-51)12-13-34-24(45)11-10-22(29(48)49)39-27(46)19-6-8-20(9-7-19)35-16-21-17-36-26-25(38-21)28(47)41-30(33)40-26/h6-9,17,22,35,37,44,50-51H,10-16H2,1-5H3,(H,34,45)(H,39,46)(H,48,49)(H3,33,36,40,41,47)/b42-18+,43-23-. The molecule has 20 heteroatoms. The molecular weight excluding hydrogens is 680 g/mol. The molecule has 1 aromatic carbocycles. The molecule has 0 radical (unpaired) electrons. The predicted octanol–water partition coefficient (Wildman–Crippen LogP) is 0.725. The summed E-state index contributed by atoms with van der Waals surface area (Å²) in [6.45, 7) is 9.78. The molecule has 1 unspecified atom stereocenters. The van der Waals surface area contributed by atoms with Crippen molar-refractivity contribution >= 4 is 52.0 Å². The lowest BCUT2D eigenvalue weighted by atomic mass is 9.95. The lowest BCUT2D eigenvalue weighted by molar-refractivity contribution is -0.139. The first-order valence-electron chi connectivity index (χ1n) is 16.3. The normalized spacial score (nSPS) is 13.1. The summed E-state index contributed by atoms with van der Waals surface area (Å²) in [6, 6.07) is 4.92. The van der Waals surface area contributed by atoms with E-state index in [1.807, 2.05) is 0 Å². The second-order valence-corrected chi connectivity index (χ2v) is 12.8. The average molecular weight is 727 g/mol. The van der Waals surface area contributed by atoms with Crippen molar-refractivity contribution in [1.29, 1.82) is 0 Å². The maximum atomic E-state index is 12.8. The molecule has 0 aliphatic rings. The fourth-order valence-corrected chi connectivity index (χ4v) is 4.61. The number of aromatic nitrogens is 4. The number of nitrogens with one attached hydrogen (secondary N) is 6. The van der Waals surface area contributed by atoms with Crippen LogP contribution in [0.15, 0.2) is 45.6 Å². The van der Waals surface area contributed by atoms with Crippen LogP contribution in [0, 0.1) is 0 Å². The van der Waals surface area contributed by atoms with Crippen LogP contribution < -0.4 is 38.0 Å². The van der Waals surface area contributed by atoms with Crippen LogP contribution in [-0.4, -0.2) is 101 Å². The maximum absolute atomic E-state index is 12.8. The SMILES string of the molecule is C/C(=N\O)C(C)(C)NOCCNC(C)(C)/C(CCNC(=O)CCC(NC(=O)c1ccc(NCc2cnc3nc(N)[nH]c(=O)c3n2)cc1)C(=O)O)=N\O. The van der Waals surface area contributed by atoms with Gasteiger partial charge in [0.1, 0.15) is 6.04 Å². The van der Waals surface area contributed by atoms with Crippen molar-refractivity contribution in [3.8, 4) is 0 Å². The molecule has 2 aromatic heterocycles. The molecule has 20 nitrogen and oxygen atoms in total. The summed E-state index contributed by atoms with van der Waals surface area (Å²) in [6.07, 6.45) is 1.31. The molecule has 0 aliphatic carbocycles. The smallest absolute Gasteiger partial charge is 0.326 e. The molecule has 3 rings (SSSR count). The zero-order chi connectivity index (χ0) is 38.5. The number of anilines is 2. The molecule has 0 bridgehead atoms. The fraction of sp³-hybridized carbons (Fsp3) is 0.469. The highest BCUT2D eigenvalue weighted by Gasteiger charge is 2.26. The van der Waals surface area contributed by atoms with E-state index in [4.69, 9.17) is 15.8 Å². The Morgan fingerprint density at radius 3 is 2.38 bits per heavy atom. The maximum Gasteiger partial charge on any atom is 0.326 e. The minimum Gasteiger partial charge on any atom is -0.480 e. The first-order valence-corrected chi connectivity index (χ1v) is 16.3. The van der Waals surface area contributed by atoms with Gasteiger partial charge in [-0.25, -0.2) is 14.8 Å². The van der Waals surface area contributed by atoms with Crippen molar-refractivity contribution in [3.05, 3.63) is 52.1 Å². The van der Waals surface area contributed by atoms with Crippen molar-refractivity contribution in [1.82, 2.24) is 41.4 Å². The number of hydrogen-bond acceptors (Lipinski definition) is 16. The van der Waals surface area contributed by atoms with Gasteiger partial charge in [-0.2, -0.15) is 10.5 Å². The Morgan fingerprint density at radius 1 is 1.02 bits per heavy atom. The molecule has 0 saturated heterocycles. The van der Waals surface area contributed by atoms with E-state index in [9.17, 15) is 29.5 Å². The van der Waals surface area contributed by atoms with Crippen LogP contribution in [0.2, 0.25) is 0 Å². The monoisotopic (exact) mass is 726 g/mol. The van der Waals surface area contributed by atoms with Gasteiger partial charge in [0.2, 0.25) is 11.9 Å². The molecule has 0 aliphatic heterocycles. The number of aromatic amines is 1. The van der Waals surface area contributed by atoms with E-state index in [0.29, 0.717) is 29.3 Å². The number of oxime groups is 2. The topological polar surface area (TPSA) is 304 Å². The van der Waals surface area contributed by atoms with E-state index in [1.165, 1.54) is 18.3 Å². The second kappa shape index (κ2) is 18.5. The van der Waals surface area contributed by atoms with Gasteiger partial charge in [-0.05, 0) is 65.3 Å². The lowest BCUT2D eigenvalue weighted by Gasteiger charge is -2.28. The van der Waals surface area contributed by atoms with E-state index in [2.05, 4.69) is 57.0 Å². The van der Waals surface area contributed by atoms with Crippen LogP contribution in [-0.2, 0) is 21.0 Å². The number of amides is 2. The molecule has 282 valence electrons. The first-order chi connectivity index (χ1) is 24.6. The predicted molar refractivity (Wildman–Crippen MR) is 191 cm³/mol. The third-order valence-corrected chi connectivity index (χ3v) is 8.05. The first kappa shape index (κ1) is 40.7. The summed E-state index contributed by atoms with van der Waals surface area (Å²) in [5.41, 5.74) is 8.64. The number of carboxylic acids is 1. The number of aliphatic carboxylic acids is 1. The summed E-state index contributed by atoms with van der Waals surface area (Å²) in [5, 5.41) is 46.2. The van der Waals surface area contributed by atoms with Crippen LogP contribution in [0.3, 0.4) is 0 Å². The Morgan fingerprint density at radius 2 is 1.73 bits per heavy atom. The summed E-state index contributed by atoms with van der Waals surface area (Å²) < 4.78 is 0. The van der Waals surface area contributed by atoms with Gasteiger partial charge in [0.05, 0.1) is 47.5 Å². The van der Waals surface area contributed by atoms with Crippen molar-refractivity contribution < 1.29 is 34.7 Å². The zero-order valence-electron chi connectivity index (χ0n) is 29.6. The van der Waals surface area contributed by atoms with Gasteiger partial charge in [-0.1, -0.05) is 10.3 Å². The van der Waals surface area contributed by atoms with Gasteiger partial charge in [0.15, 0.2) is 11.2 Å². The zero-order valence-corrected chi connectivity index (χ0v) is 29.6. The molecule has 0 spiro atoms. The number of rotatable bonds is 20. The van der Waals surface area contributed by atoms with Gasteiger partial charge < -0.3 is 42.5 Å². The van der Waals surface area contributed by atoms with Crippen LogP contribution >= 0.6 is 0 Å². The summed E-state index contributed by atoms with van der Waals surface area (Å²) in [7, 11) is 0. The van der Waals surface area contributed by atoms with Crippen molar-refractivity contribution in [2.45, 2.75) is 77.5 Å². The van der Waals surface area contributed by atoms with Crippen LogP contribution in [0.1, 0.15) is 69.9 Å². The number of carbonyl (C=O) groups is 3. The van der Waals surface area contributed by atoms with E-state index in [-0.39, 0.29) is 61.6 Å². The average Bonchev–Trinajstić information content (AvgIpc) is 3.10. The van der Waals surface area contributed by atoms with E-state index in [1.54, 1.807) is 46.8 Å². The van der Waals surface area contributed by atoms with Gasteiger partial charge in [0.25, 0.3) is 11.5 Å². The third kappa shape index (κ3) is 12.0. The number of H-pyrrole nitrogens is 1. The van der Waals surface area contributed by atoms with Gasteiger partial charge in [0, 0.05) is 37.2 Å². The minimum absolute atomic E-state index is 0.0447. The van der Waals surface area contributed by atoms with Crippen molar-refractivity contribution in [3.63, 3.8) is 0 Å². The number of nitrogens with zero attached hydrogens (tertiary/aromatic N) is 5. The number of carbonyl (C=O) groups excluding carboxylic acids is 2. The highest BCUT2D eigenvalue weighted by molar-refractivity contribution is 5.97. The van der Waals surface area contributed by atoms with E-state index in [0.717, 1.165) is 0 Å². The quantitative estimate of drug-likeness (QED) is 0.0332. The molecule has 11 N–H and O–H groups in total. The molecule has 2 heterocycles. The van der Waals surface area contributed by atoms with Gasteiger partial charge in [-0.15, -0.1) is 0 Å². The van der Waals surface area contributed by atoms with E-state index >= 15 is 0 Å². The summed E-state index contributed by atoms with van der Waals surface area (Å²) in [5.74, 6) is -2.44. The van der Waals surface area contributed by atoms with E-state index < -0.39 is 40.5 Å². The summed E-state index contributed by atoms with van der Waals surface area (Å²) >= 11 is 0. The van der Waals surface area contributed by atoms with Crippen molar-refractivity contribution in [2.24, 2.45) is 10.3 Å². The molecule has 52 heavy (non-hydrogen) atoms. The van der Waals surface area contributed by atoms with Crippen LogP contribution in [0.5, 0.6) is 0 Å². The third-order valence-electron chi connectivity index (χ3n) is 8.05. The minimum atomic E-state index is -1.32. The Kier molecular flexibility index (Phi) is 14.5.